The van der Waals surface area contributed by atoms with E-state index in [0.29, 0.717) is 12.5 Å². The first-order valence-corrected chi connectivity index (χ1v) is 8.85. The summed E-state index contributed by atoms with van der Waals surface area (Å²) in [6, 6.07) is 6.91. The molecule has 0 radical (unpaired) electrons. The number of hydrogen-bond acceptors (Lipinski definition) is 3. The van der Waals surface area contributed by atoms with E-state index in [2.05, 4.69) is 10.00 Å². The molecule has 2 fully saturated rings. The van der Waals surface area contributed by atoms with Crippen LogP contribution in [-0.4, -0.2) is 51.7 Å². The Kier molecular flexibility index (Phi) is 4.29. The van der Waals surface area contributed by atoms with Crippen LogP contribution >= 0.6 is 0 Å². The molecule has 1 saturated heterocycles. The second kappa shape index (κ2) is 6.59. The molecule has 25 heavy (non-hydrogen) atoms. The average Bonchev–Trinajstić information content (AvgIpc) is 3.31. The number of aromatic nitrogens is 2. The Morgan fingerprint density at radius 3 is 2.68 bits per heavy atom. The monoisotopic (exact) mass is 342 g/mol. The summed E-state index contributed by atoms with van der Waals surface area (Å²) in [6.07, 6.45) is 4.80. The van der Waals surface area contributed by atoms with Gasteiger partial charge in [-0.25, -0.2) is 4.39 Å². The Balaban J connectivity index is 1.29. The highest BCUT2D eigenvalue weighted by Gasteiger charge is 2.46. The standard InChI is InChI=1S/C19H23FN4O/c1-22-12-15(11-21-22)16-10-17(16)19(25)24-8-6-23(7-9-24)13-14-4-2-3-5-18(14)20/h2-5,11-12,16-17H,6-10,13H2,1H3/t16-,17+/m0/s1. The fourth-order valence-electron chi connectivity index (χ4n) is 3.70. The third-order valence-corrected chi connectivity index (χ3v) is 5.30. The number of nitrogens with zero attached hydrogens (tertiary/aromatic N) is 4. The maximum atomic E-state index is 13.8. The fraction of sp³-hybridized carbons (Fsp3) is 0.474. The lowest BCUT2D eigenvalue weighted by Crippen LogP contribution is -2.48. The summed E-state index contributed by atoms with van der Waals surface area (Å²) in [5.41, 5.74) is 1.89. The van der Waals surface area contributed by atoms with Crippen molar-refractivity contribution >= 4 is 5.91 Å². The van der Waals surface area contributed by atoms with Crippen LogP contribution < -0.4 is 0 Å². The number of carbonyl (C=O) groups is 1. The second-order valence-corrected chi connectivity index (χ2v) is 7.09. The number of benzene rings is 1. The summed E-state index contributed by atoms with van der Waals surface area (Å²) in [6.45, 7) is 3.65. The van der Waals surface area contributed by atoms with Crippen LogP contribution in [0.3, 0.4) is 0 Å². The zero-order valence-corrected chi connectivity index (χ0v) is 14.4. The first-order valence-electron chi connectivity index (χ1n) is 8.85. The van der Waals surface area contributed by atoms with Gasteiger partial charge in [-0.2, -0.15) is 5.10 Å². The maximum absolute atomic E-state index is 13.8. The topological polar surface area (TPSA) is 41.4 Å². The number of carbonyl (C=O) groups excluding carboxylic acids is 1. The van der Waals surface area contributed by atoms with Gasteiger partial charge in [0.25, 0.3) is 0 Å². The SMILES string of the molecule is Cn1cc([C@@H]2C[C@H]2C(=O)N2CCN(Cc3ccccc3F)CC2)cn1. The maximum Gasteiger partial charge on any atom is 0.226 e. The van der Waals surface area contributed by atoms with E-state index in [1.165, 1.54) is 11.6 Å². The van der Waals surface area contributed by atoms with Crippen LogP contribution in [0.5, 0.6) is 0 Å². The number of amides is 1. The number of halogens is 1. The quantitative estimate of drug-likeness (QED) is 0.853. The van der Waals surface area contributed by atoms with E-state index < -0.39 is 0 Å². The van der Waals surface area contributed by atoms with Gasteiger partial charge in [-0.05, 0) is 24.0 Å². The van der Waals surface area contributed by atoms with Gasteiger partial charge in [0.1, 0.15) is 5.82 Å². The first kappa shape index (κ1) is 16.3. The minimum absolute atomic E-state index is 0.113. The van der Waals surface area contributed by atoms with E-state index in [4.69, 9.17) is 0 Å². The van der Waals surface area contributed by atoms with Crippen LogP contribution in [0.1, 0.15) is 23.5 Å². The molecule has 2 heterocycles. The van der Waals surface area contributed by atoms with Crippen LogP contribution in [0.25, 0.3) is 0 Å². The Bertz CT molecular complexity index is 766. The summed E-state index contributed by atoms with van der Waals surface area (Å²) >= 11 is 0. The molecule has 0 N–H and O–H groups in total. The summed E-state index contributed by atoms with van der Waals surface area (Å²) in [5, 5.41) is 4.20. The molecule has 2 atom stereocenters. The van der Waals surface area contributed by atoms with Crippen molar-refractivity contribution in [3.8, 4) is 0 Å². The molecule has 1 aliphatic heterocycles. The van der Waals surface area contributed by atoms with E-state index in [1.54, 1.807) is 10.7 Å². The molecule has 1 saturated carbocycles. The minimum atomic E-state index is -0.154. The number of rotatable bonds is 4. The molecule has 0 bridgehead atoms. The largest absolute Gasteiger partial charge is 0.340 e. The molecule has 4 rings (SSSR count). The van der Waals surface area contributed by atoms with Gasteiger partial charge >= 0.3 is 0 Å². The molecule has 2 aliphatic rings. The molecule has 1 aliphatic carbocycles. The van der Waals surface area contributed by atoms with Crippen molar-refractivity contribution in [2.24, 2.45) is 13.0 Å². The van der Waals surface area contributed by atoms with Crippen molar-refractivity contribution in [1.82, 2.24) is 19.6 Å². The number of hydrogen-bond donors (Lipinski definition) is 0. The van der Waals surface area contributed by atoms with E-state index in [-0.39, 0.29) is 17.6 Å². The summed E-state index contributed by atoms with van der Waals surface area (Å²) < 4.78 is 15.6. The molecule has 132 valence electrons. The number of aryl methyl sites for hydroxylation is 1. The Labute approximate surface area is 147 Å². The van der Waals surface area contributed by atoms with Crippen LogP contribution in [0.4, 0.5) is 4.39 Å². The molecule has 0 unspecified atom stereocenters. The van der Waals surface area contributed by atoms with Gasteiger partial charge in [0.2, 0.25) is 5.91 Å². The Morgan fingerprint density at radius 2 is 2.00 bits per heavy atom. The third kappa shape index (κ3) is 3.44. The van der Waals surface area contributed by atoms with E-state index in [1.807, 2.05) is 36.5 Å². The van der Waals surface area contributed by atoms with Crippen LogP contribution in [0.15, 0.2) is 36.7 Å². The predicted octanol–water partition coefficient (Wildman–Crippen LogP) is 2.01. The first-order chi connectivity index (χ1) is 12.1. The fourth-order valence-corrected chi connectivity index (χ4v) is 3.70. The lowest BCUT2D eigenvalue weighted by Gasteiger charge is -2.35. The van der Waals surface area contributed by atoms with E-state index in [9.17, 15) is 9.18 Å². The predicted molar refractivity (Wildman–Crippen MR) is 92.3 cm³/mol. The van der Waals surface area contributed by atoms with Crippen molar-refractivity contribution < 1.29 is 9.18 Å². The van der Waals surface area contributed by atoms with Gasteiger partial charge in [0.15, 0.2) is 0 Å². The van der Waals surface area contributed by atoms with E-state index >= 15 is 0 Å². The molecule has 2 aromatic rings. The summed E-state index contributed by atoms with van der Waals surface area (Å²) in [5.74, 6) is 0.553. The Morgan fingerprint density at radius 1 is 1.24 bits per heavy atom. The molecule has 1 amide bonds. The van der Waals surface area contributed by atoms with Crippen LogP contribution in [0, 0.1) is 11.7 Å². The highest BCUT2D eigenvalue weighted by Crippen LogP contribution is 2.48. The zero-order valence-electron chi connectivity index (χ0n) is 14.4. The molecule has 1 aromatic carbocycles. The van der Waals surface area contributed by atoms with Gasteiger partial charge in [0, 0.05) is 57.4 Å². The van der Waals surface area contributed by atoms with Gasteiger partial charge in [-0.15, -0.1) is 0 Å². The molecular weight excluding hydrogens is 319 g/mol. The minimum Gasteiger partial charge on any atom is -0.340 e. The van der Waals surface area contributed by atoms with Gasteiger partial charge in [-0.1, -0.05) is 18.2 Å². The molecule has 0 spiro atoms. The summed E-state index contributed by atoms with van der Waals surface area (Å²) in [4.78, 5) is 16.9. The van der Waals surface area contributed by atoms with Crippen molar-refractivity contribution in [2.45, 2.75) is 18.9 Å². The highest BCUT2D eigenvalue weighted by molar-refractivity contribution is 5.83. The normalized spacial score (nSPS) is 23.7. The van der Waals surface area contributed by atoms with Crippen molar-refractivity contribution in [3.05, 3.63) is 53.6 Å². The van der Waals surface area contributed by atoms with Crippen molar-refractivity contribution in [3.63, 3.8) is 0 Å². The zero-order chi connectivity index (χ0) is 17.4. The van der Waals surface area contributed by atoms with Gasteiger partial charge in [0.05, 0.1) is 6.20 Å². The lowest BCUT2D eigenvalue weighted by atomic mass is 10.1. The average molecular weight is 342 g/mol. The Hall–Kier alpha value is -2.21. The van der Waals surface area contributed by atoms with Crippen molar-refractivity contribution in [2.75, 3.05) is 26.2 Å². The summed E-state index contributed by atoms with van der Waals surface area (Å²) in [7, 11) is 1.90. The molecule has 5 nitrogen and oxygen atoms in total. The van der Waals surface area contributed by atoms with Gasteiger partial charge < -0.3 is 4.90 Å². The second-order valence-electron chi connectivity index (χ2n) is 7.09. The molecule has 1 aromatic heterocycles. The van der Waals surface area contributed by atoms with Gasteiger partial charge in [-0.3, -0.25) is 14.4 Å². The highest BCUT2D eigenvalue weighted by atomic mass is 19.1. The smallest absolute Gasteiger partial charge is 0.226 e. The number of piperazine rings is 1. The third-order valence-electron chi connectivity index (χ3n) is 5.30. The molecular formula is C19H23FN4O. The lowest BCUT2D eigenvalue weighted by molar-refractivity contribution is -0.134. The van der Waals surface area contributed by atoms with Crippen LogP contribution in [-0.2, 0) is 18.4 Å². The van der Waals surface area contributed by atoms with E-state index in [0.717, 1.165) is 38.2 Å². The van der Waals surface area contributed by atoms with Crippen LogP contribution in [0.2, 0.25) is 0 Å². The molecule has 6 heteroatoms. The van der Waals surface area contributed by atoms with Crippen molar-refractivity contribution in [1.29, 1.82) is 0 Å².